The Morgan fingerprint density at radius 3 is 2.74 bits per heavy atom. The molecule has 0 aliphatic carbocycles. The van der Waals surface area contributed by atoms with Gasteiger partial charge in [-0.1, -0.05) is 12.5 Å². The molecule has 148 valence electrons. The molecular formula is C19H27N3O4S. The number of amides is 1. The lowest BCUT2D eigenvalue weighted by Gasteiger charge is -2.13. The fourth-order valence-corrected chi connectivity index (χ4v) is 3.63. The summed E-state index contributed by atoms with van der Waals surface area (Å²) >= 11 is 0. The van der Waals surface area contributed by atoms with Gasteiger partial charge in [0.2, 0.25) is 0 Å². The predicted octanol–water partition coefficient (Wildman–Crippen LogP) is 2.86. The van der Waals surface area contributed by atoms with Crippen LogP contribution in [0.25, 0.3) is 0 Å². The van der Waals surface area contributed by atoms with E-state index in [0.717, 1.165) is 19.3 Å². The van der Waals surface area contributed by atoms with Crippen LogP contribution in [0.2, 0.25) is 0 Å². The molecule has 1 aliphatic heterocycles. The number of aliphatic imine (C=N–C) groups is 1. The summed E-state index contributed by atoms with van der Waals surface area (Å²) in [7, 11) is -3.68. The maximum atomic E-state index is 12.5. The molecule has 27 heavy (non-hydrogen) atoms. The van der Waals surface area contributed by atoms with E-state index in [1.54, 1.807) is 25.1 Å². The summed E-state index contributed by atoms with van der Waals surface area (Å²) in [5.74, 6) is 0.219. The van der Waals surface area contributed by atoms with Crippen LogP contribution in [0.1, 0.15) is 39.0 Å². The normalized spacial score (nSPS) is 16.0. The molecule has 0 radical (unpaired) electrons. The van der Waals surface area contributed by atoms with Gasteiger partial charge in [0.15, 0.2) is 0 Å². The molecule has 1 amide bonds. The predicted molar refractivity (Wildman–Crippen MR) is 106 cm³/mol. The van der Waals surface area contributed by atoms with Crippen LogP contribution in [-0.4, -0.2) is 39.4 Å². The molecule has 1 aromatic carbocycles. The first-order chi connectivity index (χ1) is 12.9. The monoisotopic (exact) mass is 393 g/mol. The third-order valence-corrected chi connectivity index (χ3v) is 5.51. The van der Waals surface area contributed by atoms with E-state index in [2.05, 4.69) is 21.6 Å². The Kier molecular flexibility index (Phi) is 7.99. The highest BCUT2D eigenvalue weighted by molar-refractivity contribution is 7.90. The number of anilines is 1. The van der Waals surface area contributed by atoms with Crippen molar-refractivity contribution in [2.45, 2.75) is 50.0 Å². The topological polar surface area (TPSA) is 96.9 Å². The van der Waals surface area contributed by atoms with Gasteiger partial charge >= 0.3 is 0 Å². The number of benzene rings is 1. The highest BCUT2D eigenvalue weighted by Crippen LogP contribution is 2.16. The van der Waals surface area contributed by atoms with Crippen LogP contribution in [0.15, 0.2) is 46.8 Å². The molecule has 2 N–H and O–H groups in total. The zero-order chi connectivity index (χ0) is 19.7. The standard InChI is InChI=1S/C19H27N3O4S/c1-3-4-14-26-15(2)19(23)21-16-9-11-17(12-10-16)27(24,25)22-18-8-6-5-7-13-20-18/h3,9-12,15H,1,4-8,13-14H2,2H3,(H,20,22)(H,21,23). The smallest absolute Gasteiger partial charge is 0.262 e. The second kappa shape index (κ2) is 10.2. The van der Waals surface area contributed by atoms with Crippen molar-refractivity contribution < 1.29 is 17.9 Å². The summed E-state index contributed by atoms with van der Waals surface area (Å²) in [5.41, 5.74) is 0.505. The van der Waals surface area contributed by atoms with Crippen LogP contribution in [0.4, 0.5) is 5.69 Å². The Labute approximate surface area is 161 Å². The highest BCUT2D eigenvalue weighted by atomic mass is 32.2. The molecule has 7 nitrogen and oxygen atoms in total. The Bertz CT molecular complexity index is 773. The van der Waals surface area contributed by atoms with E-state index in [1.165, 1.54) is 12.1 Å². The fourth-order valence-electron chi connectivity index (χ4n) is 2.54. The Morgan fingerprint density at radius 1 is 1.30 bits per heavy atom. The van der Waals surface area contributed by atoms with Gasteiger partial charge in [-0.15, -0.1) is 6.58 Å². The van der Waals surface area contributed by atoms with Gasteiger partial charge in [0, 0.05) is 18.7 Å². The Hall–Kier alpha value is -2.19. The van der Waals surface area contributed by atoms with Gasteiger partial charge in [-0.05, 0) is 50.5 Å². The molecule has 0 fully saturated rings. The molecule has 0 bridgehead atoms. The van der Waals surface area contributed by atoms with Gasteiger partial charge < -0.3 is 10.1 Å². The number of amidine groups is 1. The summed E-state index contributed by atoms with van der Waals surface area (Å²) < 4.78 is 32.9. The third-order valence-electron chi connectivity index (χ3n) is 4.12. The minimum atomic E-state index is -3.68. The van der Waals surface area contributed by atoms with Gasteiger partial charge in [0.25, 0.3) is 15.9 Å². The number of hydrogen-bond donors (Lipinski definition) is 2. The minimum Gasteiger partial charge on any atom is -0.368 e. The number of nitrogens with one attached hydrogen (secondary N) is 2. The van der Waals surface area contributed by atoms with E-state index in [0.29, 0.717) is 37.5 Å². The van der Waals surface area contributed by atoms with E-state index >= 15 is 0 Å². The molecule has 1 unspecified atom stereocenters. The molecule has 1 aliphatic rings. The number of rotatable bonds is 8. The molecular weight excluding hydrogens is 366 g/mol. The number of carbonyl (C=O) groups is 1. The first kappa shape index (κ1) is 21.1. The number of nitrogens with zero attached hydrogens (tertiary/aromatic N) is 1. The lowest BCUT2D eigenvalue weighted by Crippen LogP contribution is -2.30. The Morgan fingerprint density at radius 2 is 2.04 bits per heavy atom. The second-order valence-corrected chi connectivity index (χ2v) is 8.03. The molecule has 2 rings (SSSR count). The number of sulfonamides is 1. The molecule has 1 aromatic rings. The maximum absolute atomic E-state index is 12.5. The van der Waals surface area contributed by atoms with Crippen molar-refractivity contribution in [3.8, 4) is 0 Å². The molecule has 0 saturated heterocycles. The quantitative estimate of drug-likeness (QED) is 0.524. The summed E-state index contributed by atoms with van der Waals surface area (Å²) in [6.07, 6.45) is 5.38. The van der Waals surface area contributed by atoms with Crippen LogP contribution in [-0.2, 0) is 19.6 Å². The third kappa shape index (κ3) is 6.80. The van der Waals surface area contributed by atoms with Gasteiger partial charge in [-0.25, -0.2) is 8.42 Å². The van der Waals surface area contributed by atoms with Crippen molar-refractivity contribution in [3.05, 3.63) is 36.9 Å². The average Bonchev–Trinajstić information content (AvgIpc) is 2.90. The van der Waals surface area contributed by atoms with Crippen molar-refractivity contribution in [2.75, 3.05) is 18.5 Å². The van der Waals surface area contributed by atoms with E-state index in [-0.39, 0.29) is 10.8 Å². The minimum absolute atomic E-state index is 0.128. The molecule has 1 atom stereocenters. The lowest BCUT2D eigenvalue weighted by molar-refractivity contribution is -0.126. The van der Waals surface area contributed by atoms with Crippen LogP contribution in [0.3, 0.4) is 0 Å². The zero-order valence-corrected chi connectivity index (χ0v) is 16.4. The van der Waals surface area contributed by atoms with Gasteiger partial charge in [0.1, 0.15) is 11.9 Å². The maximum Gasteiger partial charge on any atom is 0.262 e. The number of carbonyl (C=O) groups excluding carboxylic acids is 1. The van der Waals surface area contributed by atoms with E-state index in [1.807, 2.05) is 0 Å². The largest absolute Gasteiger partial charge is 0.368 e. The summed E-state index contributed by atoms with van der Waals surface area (Å²) in [5, 5.41) is 2.71. The molecule has 8 heteroatoms. The lowest BCUT2D eigenvalue weighted by atomic mass is 10.2. The highest BCUT2D eigenvalue weighted by Gasteiger charge is 2.18. The van der Waals surface area contributed by atoms with Crippen LogP contribution in [0, 0.1) is 0 Å². The number of ether oxygens (including phenoxy) is 1. The summed E-state index contributed by atoms with van der Waals surface area (Å²) in [6, 6.07) is 6.02. The first-order valence-corrected chi connectivity index (χ1v) is 10.6. The number of hydrogen-bond acceptors (Lipinski definition) is 5. The zero-order valence-electron chi connectivity index (χ0n) is 15.6. The Balaban J connectivity index is 1.96. The van der Waals surface area contributed by atoms with E-state index < -0.39 is 16.1 Å². The second-order valence-electron chi connectivity index (χ2n) is 6.35. The van der Waals surface area contributed by atoms with Crippen molar-refractivity contribution in [3.63, 3.8) is 0 Å². The van der Waals surface area contributed by atoms with E-state index in [9.17, 15) is 13.2 Å². The summed E-state index contributed by atoms with van der Waals surface area (Å²) in [4.78, 5) is 16.5. The van der Waals surface area contributed by atoms with Crippen molar-refractivity contribution in [2.24, 2.45) is 4.99 Å². The first-order valence-electron chi connectivity index (χ1n) is 9.12. The molecule has 1 heterocycles. The SMILES string of the molecule is C=CCCOC(C)C(=O)Nc1ccc(S(=O)(=O)NC2=NCCCCC2)cc1. The summed E-state index contributed by atoms with van der Waals surface area (Å²) in [6.45, 7) is 6.33. The van der Waals surface area contributed by atoms with Gasteiger partial charge in [-0.2, -0.15) is 0 Å². The van der Waals surface area contributed by atoms with Crippen molar-refractivity contribution in [1.29, 1.82) is 0 Å². The van der Waals surface area contributed by atoms with Gasteiger partial charge in [0.05, 0.1) is 11.5 Å². The van der Waals surface area contributed by atoms with Crippen LogP contribution < -0.4 is 10.0 Å². The molecule has 0 aromatic heterocycles. The van der Waals surface area contributed by atoms with Crippen LogP contribution in [0.5, 0.6) is 0 Å². The molecule has 0 spiro atoms. The fraction of sp³-hybridized carbons (Fsp3) is 0.474. The van der Waals surface area contributed by atoms with E-state index in [4.69, 9.17) is 4.74 Å². The average molecular weight is 394 g/mol. The van der Waals surface area contributed by atoms with Gasteiger partial charge in [-0.3, -0.25) is 14.5 Å². The van der Waals surface area contributed by atoms with Crippen molar-refractivity contribution in [1.82, 2.24) is 4.72 Å². The van der Waals surface area contributed by atoms with Crippen LogP contribution >= 0.6 is 0 Å². The molecule has 0 saturated carbocycles. The van der Waals surface area contributed by atoms with Crippen molar-refractivity contribution >= 4 is 27.5 Å².